The molecule has 0 amide bonds. The van der Waals surface area contributed by atoms with Gasteiger partial charge in [0.05, 0.1) is 59.0 Å². The van der Waals surface area contributed by atoms with Crippen molar-refractivity contribution in [1.29, 1.82) is 0 Å². The number of carbonyl (C=O) groups is 1. The van der Waals surface area contributed by atoms with Crippen LogP contribution in [-0.4, -0.2) is 101 Å². The SMILES string of the molecule is CC(C)(O)[C@H]1CC[C@](C)([C@@H](O)CC[C@@](O)(CO)C(=O)CC[C@H]2O[C@@H]([C@]3(C)CC[C@@H](Br)C(C)(C)O3)CC[C@]2(C)O)O1. The first-order chi connectivity index (χ1) is 18.2. The summed E-state index contributed by atoms with van der Waals surface area (Å²) in [5, 5.41) is 53.3. The quantitative estimate of drug-likeness (QED) is 0.216. The summed E-state index contributed by atoms with van der Waals surface area (Å²) in [5.74, 6) is -0.557. The van der Waals surface area contributed by atoms with Crippen molar-refractivity contribution < 1.29 is 44.5 Å². The highest BCUT2D eigenvalue weighted by molar-refractivity contribution is 9.09. The van der Waals surface area contributed by atoms with Crippen molar-refractivity contribution in [3.63, 3.8) is 0 Å². The van der Waals surface area contributed by atoms with Crippen LogP contribution in [-0.2, 0) is 19.0 Å². The van der Waals surface area contributed by atoms with Gasteiger partial charge in [0.15, 0.2) is 5.78 Å². The number of carbonyl (C=O) groups excluding carboxylic acids is 1. The van der Waals surface area contributed by atoms with Crippen LogP contribution in [0.5, 0.6) is 0 Å². The average molecular weight is 638 g/mol. The number of aliphatic hydroxyl groups excluding tert-OH is 2. The summed E-state index contributed by atoms with van der Waals surface area (Å²) in [6.45, 7) is 12.2. The molecule has 3 aliphatic rings. The summed E-state index contributed by atoms with van der Waals surface area (Å²) in [6.07, 6.45) is 1.64. The molecule has 0 aromatic heterocycles. The molecule has 3 fully saturated rings. The molecule has 0 bridgehead atoms. The molecule has 0 unspecified atom stereocenters. The van der Waals surface area contributed by atoms with Crippen LogP contribution in [0.15, 0.2) is 0 Å². The van der Waals surface area contributed by atoms with Crippen molar-refractivity contribution >= 4 is 21.7 Å². The Labute approximate surface area is 248 Å². The summed E-state index contributed by atoms with van der Waals surface area (Å²) in [6, 6.07) is 0. The minimum atomic E-state index is -2.03. The molecule has 10 heteroatoms. The number of aliphatic hydroxyl groups is 5. The standard InChI is InChI=1S/C30H53BrO9/c1-25(2,35)22-13-16-28(6,39-22)20(33)11-17-30(37,18-32)21(34)8-9-23-27(5,36)14-12-24(38-23)29(7)15-10-19(31)26(3,4)40-29/h19-20,22-24,32-33,35-37H,8-18H2,1-7H3/t19-,20+,22-,23-,24-,27+,28-,29+,30-/m1/s1. The fraction of sp³-hybridized carbons (Fsp3) is 0.967. The van der Waals surface area contributed by atoms with Crippen LogP contribution < -0.4 is 0 Å². The first-order valence-corrected chi connectivity index (χ1v) is 15.8. The molecule has 0 aromatic rings. The molecular formula is C30H53BrO9. The highest BCUT2D eigenvalue weighted by atomic mass is 79.9. The Balaban J connectivity index is 1.59. The van der Waals surface area contributed by atoms with Gasteiger partial charge in [0, 0.05) is 11.2 Å². The molecule has 0 radical (unpaired) electrons. The third kappa shape index (κ3) is 7.48. The summed E-state index contributed by atoms with van der Waals surface area (Å²) in [7, 11) is 0. The molecule has 3 rings (SSSR count). The molecule has 9 atom stereocenters. The normalized spacial score (nSPS) is 40.9. The van der Waals surface area contributed by atoms with Gasteiger partial charge >= 0.3 is 0 Å². The van der Waals surface area contributed by atoms with Crippen LogP contribution in [0.25, 0.3) is 0 Å². The second-order valence-electron chi connectivity index (χ2n) is 14.4. The van der Waals surface area contributed by atoms with Gasteiger partial charge in [0.2, 0.25) is 0 Å². The van der Waals surface area contributed by atoms with Crippen molar-refractivity contribution in [2.24, 2.45) is 0 Å². The molecule has 0 aromatic carbocycles. The maximum absolute atomic E-state index is 13.2. The third-order valence-electron chi connectivity index (χ3n) is 9.81. The van der Waals surface area contributed by atoms with Gasteiger partial charge in [0.25, 0.3) is 0 Å². The Kier molecular flexibility index (Phi) is 10.4. The van der Waals surface area contributed by atoms with E-state index in [4.69, 9.17) is 14.2 Å². The number of Topliss-reactive ketones (excluding diaryl/α,β-unsaturated/α-hetero) is 1. The summed E-state index contributed by atoms with van der Waals surface area (Å²) in [4.78, 5) is 13.4. The van der Waals surface area contributed by atoms with Crippen molar-refractivity contribution in [1.82, 2.24) is 0 Å². The third-order valence-corrected chi connectivity index (χ3v) is 11.4. The Morgan fingerprint density at radius 1 is 1.05 bits per heavy atom. The molecule has 3 saturated heterocycles. The van der Waals surface area contributed by atoms with E-state index in [2.05, 4.69) is 36.7 Å². The molecule has 3 aliphatic heterocycles. The number of halogens is 1. The number of hydrogen-bond donors (Lipinski definition) is 5. The van der Waals surface area contributed by atoms with E-state index < -0.39 is 58.7 Å². The monoisotopic (exact) mass is 636 g/mol. The second-order valence-corrected chi connectivity index (χ2v) is 15.5. The smallest absolute Gasteiger partial charge is 0.166 e. The van der Waals surface area contributed by atoms with Gasteiger partial charge in [-0.2, -0.15) is 0 Å². The summed E-state index contributed by atoms with van der Waals surface area (Å²) >= 11 is 3.72. The maximum atomic E-state index is 13.2. The van der Waals surface area contributed by atoms with Crippen LogP contribution in [0.2, 0.25) is 0 Å². The fourth-order valence-corrected chi connectivity index (χ4v) is 6.94. The van der Waals surface area contributed by atoms with Gasteiger partial charge < -0.3 is 39.7 Å². The minimum Gasteiger partial charge on any atom is -0.393 e. The first-order valence-electron chi connectivity index (χ1n) is 14.8. The Bertz CT molecular complexity index is 889. The lowest BCUT2D eigenvalue weighted by atomic mass is 9.77. The molecule has 5 N–H and O–H groups in total. The molecular weight excluding hydrogens is 584 g/mol. The molecule has 0 saturated carbocycles. The molecule has 0 aliphatic carbocycles. The molecule has 40 heavy (non-hydrogen) atoms. The first kappa shape index (κ1) is 34.3. The molecule has 9 nitrogen and oxygen atoms in total. The van der Waals surface area contributed by atoms with E-state index in [0.717, 1.165) is 12.8 Å². The van der Waals surface area contributed by atoms with Gasteiger partial charge in [0.1, 0.15) is 5.60 Å². The van der Waals surface area contributed by atoms with E-state index >= 15 is 0 Å². The van der Waals surface area contributed by atoms with E-state index in [1.807, 2.05) is 0 Å². The van der Waals surface area contributed by atoms with E-state index in [1.165, 1.54) is 0 Å². The summed E-state index contributed by atoms with van der Waals surface area (Å²) in [5.41, 5.74) is -6.05. The molecule has 234 valence electrons. The van der Waals surface area contributed by atoms with E-state index in [9.17, 15) is 30.3 Å². The van der Waals surface area contributed by atoms with Crippen LogP contribution in [0.1, 0.15) is 113 Å². The Hall–Kier alpha value is -0.170. The Morgan fingerprint density at radius 2 is 1.70 bits per heavy atom. The maximum Gasteiger partial charge on any atom is 0.166 e. The van der Waals surface area contributed by atoms with Gasteiger partial charge in [-0.05, 0) is 106 Å². The van der Waals surface area contributed by atoms with Gasteiger partial charge in [-0.1, -0.05) is 15.9 Å². The van der Waals surface area contributed by atoms with E-state index in [0.29, 0.717) is 25.7 Å². The highest BCUT2D eigenvalue weighted by Crippen LogP contribution is 2.46. The lowest BCUT2D eigenvalue weighted by molar-refractivity contribution is -0.262. The number of alkyl halides is 1. The van der Waals surface area contributed by atoms with Crippen molar-refractivity contribution in [3.05, 3.63) is 0 Å². The zero-order chi connectivity index (χ0) is 30.4. The summed E-state index contributed by atoms with van der Waals surface area (Å²) < 4.78 is 18.9. The van der Waals surface area contributed by atoms with Crippen LogP contribution in [0.3, 0.4) is 0 Å². The number of rotatable bonds is 11. The topological polar surface area (TPSA) is 146 Å². The molecule has 0 spiro atoms. The van der Waals surface area contributed by atoms with Gasteiger partial charge in [-0.25, -0.2) is 0 Å². The predicted octanol–water partition coefficient (Wildman–Crippen LogP) is 3.32. The zero-order valence-corrected chi connectivity index (χ0v) is 27.0. The van der Waals surface area contributed by atoms with E-state index in [-0.39, 0.29) is 42.2 Å². The molecule has 3 heterocycles. The Morgan fingerprint density at radius 3 is 2.25 bits per heavy atom. The average Bonchev–Trinajstić information content (AvgIpc) is 3.27. The highest BCUT2D eigenvalue weighted by Gasteiger charge is 2.52. The van der Waals surface area contributed by atoms with Crippen LogP contribution in [0, 0.1) is 0 Å². The number of hydrogen-bond acceptors (Lipinski definition) is 9. The predicted molar refractivity (Wildman–Crippen MR) is 154 cm³/mol. The van der Waals surface area contributed by atoms with E-state index in [1.54, 1.807) is 27.7 Å². The van der Waals surface area contributed by atoms with Gasteiger partial charge in [-0.15, -0.1) is 0 Å². The van der Waals surface area contributed by atoms with Crippen molar-refractivity contribution in [3.8, 4) is 0 Å². The second kappa shape index (κ2) is 12.1. The lowest BCUT2D eigenvalue weighted by Gasteiger charge is -2.53. The number of ether oxygens (including phenoxy) is 3. The fourth-order valence-electron chi connectivity index (χ4n) is 6.61. The zero-order valence-electron chi connectivity index (χ0n) is 25.4. The van der Waals surface area contributed by atoms with Crippen LogP contribution >= 0.6 is 15.9 Å². The lowest BCUT2D eigenvalue weighted by Crippen LogP contribution is -2.60. The van der Waals surface area contributed by atoms with Gasteiger partial charge in [-0.3, -0.25) is 4.79 Å². The van der Waals surface area contributed by atoms with Crippen molar-refractivity contribution in [2.75, 3.05) is 6.61 Å². The largest absolute Gasteiger partial charge is 0.393 e. The minimum absolute atomic E-state index is 0.0393. The van der Waals surface area contributed by atoms with Crippen molar-refractivity contribution in [2.45, 2.75) is 176 Å². The number of ketones is 1. The van der Waals surface area contributed by atoms with Crippen LogP contribution in [0.4, 0.5) is 0 Å².